The summed E-state index contributed by atoms with van der Waals surface area (Å²) >= 11 is 3.44. The number of carbonyl (C=O) groups is 2. The lowest BCUT2D eigenvalue weighted by atomic mass is 10.1. The molecule has 0 atom stereocenters. The summed E-state index contributed by atoms with van der Waals surface area (Å²) in [5, 5.41) is 11.8. The standard InChI is InChI=1S/C15H18BrNO3/c1-10-8-11(2-4-12(10)16)3-5-13(18)17-9-15(6-7-15)14(19)20/h2,4,8H,3,5-7,9H2,1H3,(H,17,18)(H,19,20). The van der Waals surface area contributed by atoms with E-state index in [2.05, 4.69) is 27.3 Å². The Balaban J connectivity index is 1.78. The zero-order chi connectivity index (χ0) is 14.8. The number of benzene rings is 1. The van der Waals surface area contributed by atoms with Gasteiger partial charge in [-0.3, -0.25) is 9.59 Å². The topological polar surface area (TPSA) is 66.4 Å². The molecule has 0 spiro atoms. The summed E-state index contributed by atoms with van der Waals surface area (Å²) in [5.41, 5.74) is 1.56. The fourth-order valence-corrected chi connectivity index (χ4v) is 2.34. The van der Waals surface area contributed by atoms with E-state index >= 15 is 0 Å². The molecule has 1 fully saturated rings. The fourth-order valence-electron chi connectivity index (χ4n) is 2.09. The Labute approximate surface area is 126 Å². The highest BCUT2D eigenvalue weighted by Gasteiger charge is 2.50. The van der Waals surface area contributed by atoms with Crippen LogP contribution in [0.25, 0.3) is 0 Å². The Hall–Kier alpha value is -1.36. The lowest BCUT2D eigenvalue weighted by Crippen LogP contribution is -2.34. The van der Waals surface area contributed by atoms with Crippen LogP contribution in [0.1, 0.15) is 30.4 Å². The first-order valence-corrected chi connectivity index (χ1v) is 7.47. The van der Waals surface area contributed by atoms with Crippen molar-refractivity contribution in [3.63, 3.8) is 0 Å². The Morgan fingerprint density at radius 2 is 2.10 bits per heavy atom. The molecule has 1 saturated carbocycles. The lowest BCUT2D eigenvalue weighted by Gasteiger charge is -2.11. The van der Waals surface area contributed by atoms with Crippen molar-refractivity contribution in [1.82, 2.24) is 5.32 Å². The lowest BCUT2D eigenvalue weighted by molar-refractivity contribution is -0.143. The molecule has 1 aliphatic carbocycles. The number of carboxylic acids is 1. The highest BCUT2D eigenvalue weighted by atomic mass is 79.9. The summed E-state index contributed by atoms with van der Waals surface area (Å²) in [5.74, 6) is -0.889. The molecule has 1 aromatic carbocycles. The average Bonchev–Trinajstić information content (AvgIpc) is 3.19. The van der Waals surface area contributed by atoms with Gasteiger partial charge >= 0.3 is 5.97 Å². The zero-order valence-corrected chi connectivity index (χ0v) is 13.0. The first-order valence-electron chi connectivity index (χ1n) is 6.68. The number of aryl methyl sites for hydroxylation is 2. The minimum atomic E-state index is -0.804. The minimum absolute atomic E-state index is 0.0851. The maximum absolute atomic E-state index is 11.8. The predicted octanol–water partition coefficient (Wildman–Crippen LogP) is 2.67. The first-order chi connectivity index (χ1) is 9.43. The van der Waals surface area contributed by atoms with Gasteiger partial charge in [-0.15, -0.1) is 0 Å². The molecule has 1 aromatic rings. The molecule has 0 aromatic heterocycles. The van der Waals surface area contributed by atoms with Gasteiger partial charge in [0.05, 0.1) is 5.41 Å². The van der Waals surface area contributed by atoms with Crippen molar-refractivity contribution in [3.8, 4) is 0 Å². The number of nitrogens with one attached hydrogen (secondary N) is 1. The van der Waals surface area contributed by atoms with Gasteiger partial charge in [0.1, 0.15) is 0 Å². The molecule has 0 bridgehead atoms. The maximum Gasteiger partial charge on any atom is 0.311 e. The predicted molar refractivity (Wildman–Crippen MR) is 79.5 cm³/mol. The van der Waals surface area contributed by atoms with Crippen LogP contribution in [0.4, 0.5) is 0 Å². The number of carboxylic acid groups (broad SMARTS) is 1. The highest BCUT2D eigenvalue weighted by Crippen LogP contribution is 2.45. The van der Waals surface area contributed by atoms with E-state index in [0.29, 0.717) is 25.7 Å². The molecule has 20 heavy (non-hydrogen) atoms. The third-order valence-electron chi connectivity index (χ3n) is 3.79. The number of amides is 1. The second kappa shape index (κ2) is 5.95. The Kier molecular flexibility index (Phi) is 4.48. The van der Waals surface area contributed by atoms with Crippen LogP contribution >= 0.6 is 15.9 Å². The molecule has 0 aliphatic heterocycles. The molecule has 2 N–H and O–H groups in total. The molecule has 1 amide bonds. The molecule has 108 valence electrons. The number of aliphatic carboxylic acids is 1. The molecule has 0 heterocycles. The summed E-state index contributed by atoms with van der Waals surface area (Å²) < 4.78 is 1.06. The third kappa shape index (κ3) is 3.60. The van der Waals surface area contributed by atoms with Crippen molar-refractivity contribution in [1.29, 1.82) is 0 Å². The largest absolute Gasteiger partial charge is 0.481 e. The van der Waals surface area contributed by atoms with Gasteiger partial charge in [0.2, 0.25) is 5.91 Å². The van der Waals surface area contributed by atoms with E-state index in [-0.39, 0.29) is 12.5 Å². The molecule has 5 heteroatoms. The third-order valence-corrected chi connectivity index (χ3v) is 4.68. The molecule has 4 nitrogen and oxygen atoms in total. The first kappa shape index (κ1) is 15.0. The van der Waals surface area contributed by atoms with Crippen LogP contribution < -0.4 is 5.32 Å². The molecular weight excluding hydrogens is 322 g/mol. The van der Waals surface area contributed by atoms with Gasteiger partial charge in [-0.2, -0.15) is 0 Å². The van der Waals surface area contributed by atoms with Gasteiger partial charge in [0.25, 0.3) is 0 Å². The van der Waals surface area contributed by atoms with Crippen molar-refractivity contribution in [2.24, 2.45) is 5.41 Å². The second-order valence-electron chi connectivity index (χ2n) is 5.45. The highest BCUT2D eigenvalue weighted by molar-refractivity contribution is 9.10. The second-order valence-corrected chi connectivity index (χ2v) is 6.30. The van der Waals surface area contributed by atoms with Crippen molar-refractivity contribution in [3.05, 3.63) is 33.8 Å². The summed E-state index contributed by atoms with van der Waals surface area (Å²) in [4.78, 5) is 22.7. The number of rotatable bonds is 6. The van der Waals surface area contributed by atoms with Crippen LogP contribution in [-0.2, 0) is 16.0 Å². The molecular formula is C15H18BrNO3. The van der Waals surface area contributed by atoms with Crippen LogP contribution in [-0.4, -0.2) is 23.5 Å². The number of halogens is 1. The summed E-state index contributed by atoms with van der Waals surface area (Å²) in [6, 6.07) is 6.02. The van der Waals surface area contributed by atoms with E-state index in [1.54, 1.807) is 0 Å². The molecule has 2 rings (SSSR count). The van der Waals surface area contributed by atoms with E-state index in [1.807, 2.05) is 19.1 Å². The van der Waals surface area contributed by atoms with E-state index in [4.69, 9.17) is 5.11 Å². The van der Waals surface area contributed by atoms with Gasteiger partial charge in [0.15, 0.2) is 0 Å². The van der Waals surface area contributed by atoms with Crippen molar-refractivity contribution in [2.45, 2.75) is 32.6 Å². The number of carbonyl (C=O) groups excluding carboxylic acids is 1. The van der Waals surface area contributed by atoms with Gasteiger partial charge in [-0.1, -0.05) is 28.1 Å². The normalized spacial score (nSPS) is 15.7. The van der Waals surface area contributed by atoms with Gasteiger partial charge in [-0.05, 0) is 43.4 Å². The van der Waals surface area contributed by atoms with Gasteiger partial charge in [-0.25, -0.2) is 0 Å². The Bertz CT molecular complexity index is 538. The van der Waals surface area contributed by atoms with E-state index in [0.717, 1.165) is 15.6 Å². The number of hydrogen-bond acceptors (Lipinski definition) is 2. The maximum atomic E-state index is 11.8. The fraction of sp³-hybridized carbons (Fsp3) is 0.467. The van der Waals surface area contributed by atoms with Crippen LogP contribution in [0.5, 0.6) is 0 Å². The van der Waals surface area contributed by atoms with Gasteiger partial charge in [0, 0.05) is 17.4 Å². The van der Waals surface area contributed by atoms with E-state index in [1.165, 1.54) is 0 Å². The van der Waals surface area contributed by atoms with Crippen LogP contribution in [0.15, 0.2) is 22.7 Å². The quantitative estimate of drug-likeness (QED) is 0.837. The molecule has 1 aliphatic rings. The Morgan fingerprint density at radius 3 is 2.65 bits per heavy atom. The smallest absolute Gasteiger partial charge is 0.311 e. The van der Waals surface area contributed by atoms with Gasteiger partial charge < -0.3 is 10.4 Å². The van der Waals surface area contributed by atoms with Crippen molar-refractivity contribution < 1.29 is 14.7 Å². The van der Waals surface area contributed by atoms with Crippen LogP contribution in [0.3, 0.4) is 0 Å². The van der Waals surface area contributed by atoms with E-state index in [9.17, 15) is 9.59 Å². The zero-order valence-electron chi connectivity index (χ0n) is 11.4. The SMILES string of the molecule is Cc1cc(CCC(=O)NCC2(C(=O)O)CC2)ccc1Br. The molecule has 0 saturated heterocycles. The molecule has 0 unspecified atom stereocenters. The minimum Gasteiger partial charge on any atom is -0.481 e. The van der Waals surface area contributed by atoms with Crippen LogP contribution in [0, 0.1) is 12.3 Å². The van der Waals surface area contributed by atoms with Crippen molar-refractivity contribution in [2.75, 3.05) is 6.54 Å². The number of hydrogen-bond donors (Lipinski definition) is 2. The van der Waals surface area contributed by atoms with E-state index < -0.39 is 11.4 Å². The average molecular weight is 340 g/mol. The summed E-state index contributed by atoms with van der Waals surface area (Å²) in [7, 11) is 0. The van der Waals surface area contributed by atoms with Crippen molar-refractivity contribution >= 4 is 27.8 Å². The molecule has 0 radical (unpaired) electrons. The Morgan fingerprint density at radius 1 is 1.40 bits per heavy atom. The summed E-state index contributed by atoms with van der Waals surface area (Å²) in [6.07, 6.45) is 2.37. The summed E-state index contributed by atoms with van der Waals surface area (Å²) in [6.45, 7) is 2.26. The monoisotopic (exact) mass is 339 g/mol. The van der Waals surface area contributed by atoms with Crippen LogP contribution in [0.2, 0.25) is 0 Å².